The second kappa shape index (κ2) is 28.6. The molecule has 0 spiro atoms. The van der Waals surface area contributed by atoms with E-state index in [4.69, 9.17) is 16.6 Å². The first-order valence-corrected chi connectivity index (χ1v) is 11.1. The van der Waals surface area contributed by atoms with Crippen LogP contribution in [0.4, 0.5) is 0 Å². The minimum atomic E-state index is -0.933. The molecule has 0 aromatic carbocycles. The molecule has 0 saturated heterocycles. The van der Waals surface area contributed by atoms with Gasteiger partial charge >= 0.3 is 35.5 Å². The summed E-state index contributed by atoms with van der Waals surface area (Å²) in [7, 11) is 0. The second-order valence-corrected chi connectivity index (χ2v) is 7.33. The maximum absolute atomic E-state index is 10.1. The molecule has 0 aliphatic carbocycles. The molecule has 0 aromatic rings. The Morgan fingerprint density at radius 3 is 1.56 bits per heavy atom. The Hall–Kier alpha value is 0.390. The van der Waals surface area contributed by atoms with E-state index in [0.717, 1.165) is 19.3 Å². The molecule has 1 atom stereocenters. The maximum Gasteiger partial charge on any atom is 1.00 e. The van der Waals surface area contributed by atoms with Crippen molar-refractivity contribution in [2.45, 2.75) is 122 Å². The first kappa shape index (κ1) is 32.1. The summed E-state index contributed by atoms with van der Waals surface area (Å²) in [6, 6.07) is -0.716. The largest absolute Gasteiger partial charge is 1.00 e. The molecule has 0 radical (unpaired) electrons. The second-order valence-electron chi connectivity index (χ2n) is 7.33. The molecule has 0 fully saturated rings. The number of carbonyl (C=O) groups is 1. The predicted molar refractivity (Wildman–Crippen MR) is 114 cm³/mol. The zero-order valence-electron chi connectivity index (χ0n) is 18.5. The van der Waals surface area contributed by atoms with E-state index in [1.165, 1.54) is 83.5 Å². The number of rotatable bonds is 18. The van der Waals surface area contributed by atoms with Gasteiger partial charge in [-0.3, -0.25) is 4.79 Å². The van der Waals surface area contributed by atoms with Gasteiger partial charge in [0.25, 0.3) is 0 Å². The van der Waals surface area contributed by atoms with Crippen molar-refractivity contribution >= 4 is 5.97 Å². The van der Waals surface area contributed by atoms with Gasteiger partial charge in [-0.1, -0.05) is 96.8 Å². The predicted octanol–water partition coefficient (Wildman–Crippen LogP) is 2.83. The van der Waals surface area contributed by atoms with Gasteiger partial charge in [0.05, 0.1) is 0 Å². The quantitative estimate of drug-likeness (QED) is 0.189. The molecule has 0 saturated carbocycles. The monoisotopic (exact) mass is 394 g/mol. The van der Waals surface area contributed by atoms with Crippen LogP contribution in [0.3, 0.4) is 0 Å². The summed E-state index contributed by atoms with van der Waals surface area (Å²) < 4.78 is 0. The molecule has 1 unspecified atom stereocenters. The van der Waals surface area contributed by atoms with Crippen molar-refractivity contribution in [3.63, 3.8) is 0 Å². The number of nitrogens with two attached hydrogens (primary N) is 2. The van der Waals surface area contributed by atoms with Gasteiger partial charge in [-0.15, -0.1) is 0 Å². The topological polar surface area (TPSA) is 89.3 Å². The summed E-state index contributed by atoms with van der Waals surface area (Å²) in [6.07, 6.45) is 22.0. The van der Waals surface area contributed by atoms with E-state index in [1.54, 1.807) is 0 Å². The molecular formula is C22H47N2NaO2. The average Bonchev–Trinajstić information content (AvgIpc) is 2.63. The summed E-state index contributed by atoms with van der Waals surface area (Å²) in [5, 5.41) is 8.33. The Morgan fingerprint density at radius 1 is 0.815 bits per heavy atom. The fraction of sp³-hybridized carbons (Fsp3) is 0.909. The van der Waals surface area contributed by atoms with E-state index in [0.29, 0.717) is 13.0 Å². The molecule has 4 nitrogen and oxygen atoms in total. The van der Waals surface area contributed by atoms with Crippen molar-refractivity contribution in [1.82, 2.24) is 0 Å². The number of unbranched alkanes of at least 4 members (excludes halogenated alkanes) is 14. The van der Waals surface area contributed by atoms with Crippen LogP contribution in [0.5, 0.6) is 0 Å². The van der Waals surface area contributed by atoms with E-state index >= 15 is 0 Å². The Balaban J connectivity index is -0.000000454. The molecule has 158 valence electrons. The Labute approximate surface area is 191 Å². The van der Waals surface area contributed by atoms with Gasteiger partial charge < -0.3 is 23.5 Å². The third-order valence-corrected chi connectivity index (χ3v) is 4.64. The van der Waals surface area contributed by atoms with Crippen molar-refractivity contribution in [2.75, 3.05) is 6.54 Å². The van der Waals surface area contributed by atoms with Gasteiger partial charge in [0.2, 0.25) is 0 Å². The van der Waals surface area contributed by atoms with Crippen LogP contribution in [-0.4, -0.2) is 23.7 Å². The molecule has 5 heteroatoms. The van der Waals surface area contributed by atoms with Crippen LogP contribution in [0.15, 0.2) is 0 Å². The molecule has 0 aliphatic heterocycles. The zero-order chi connectivity index (χ0) is 19.9. The van der Waals surface area contributed by atoms with Crippen LogP contribution in [0.1, 0.15) is 116 Å². The van der Waals surface area contributed by atoms with Crippen molar-refractivity contribution < 1.29 is 39.5 Å². The molecular weight excluding hydrogens is 347 g/mol. The van der Waals surface area contributed by atoms with Crippen molar-refractivity contribution in [3.05, 3.63) is 6.92 Å². The zero-order valence-corrected chi connectivity index (χ0v) is 20.5. The van der Waals surface area contributed by atoms with E-state index in [-0.39, 0.29) is 29.6 Å². The van der Waals surface area contributed by atoms with Crippen LogP contribution in [0, 0.1) is 6.92 Å². The van der Waals surface area contributed by atoms with Gasteiger partial charge in [-0.05, 0) is 19.4 Å². The standard InChI is InChI=1S/C16H33.C6H14N2O2.Na/c1-3-5-7-9-11-13-15-16-14-12-10-8-6-4-2;7-4-2-1-3-5(8)6(9)10;/h1,3-16H2,2H3;5H,1-4,7-8H2,(H,9,10);/q-1;;+1. The minimum absolute atomic E-state index is 0. The van der Waals surface area contributed by atoms with E-state index in [9.17, 15) is 4.79 Å². The van der Waals surface area contributed by atoms with Crippen molar-refractivity contribution in [3.8, 4) is 0 Å². The van der Waals surface area contributed by atoms with Crippen LogP contribution < -0.4 is 41.0 Å². The maximum atomic E-state index is 10.1. The van der Waals surface area contributed by atoms with Gasteiger partial charge in [-0.2, -0.15) is 6.42 Å². The summed E-state index contributed by atoms with van der Waals surface area (Å²) in [6.45, 7) is 6.76. The third kappa shape index (κ3) is 31.3. The Bertz CT molecular complexity index is 265. The molecule has 0 amide bonds. The number of hydrogen-bond acceptors (Lipinski definition) is 3. The number of carboxylic acid groups (broad SMARTS) is 1. The van der Waals surface area contributed by atoms with E-state index in [1.807, 2.05) is 0 Å². The number of carboxylic acids is 1. The fourth-order valence-corrected chi connectivity index (χ4v) is 2.83. The van der Waals surface area contributed by atoms with Gasteiger partial charge in [0.15, 0.2) is 0 Å². The summed E-state index contributed by atoms with van der Waals surface area (Å²) in [5.41, 5.74) is 10.4. The molecule has 0 heterocycles. The summed E-state index contributed by atoms with van der Waals surface area (Å²) >= 11 is 0. The van der Waals surface area contributed by atoms with Gasteiger partial charge in [0.1, 0.15) is 6.04 Å². The third-order valence-electron chi connectivity index (χ3n) is 4.64. The van der Waals surface area contributed by atoms with Crippen LogP contribution in [0.2, 0.25) is 0 Å². The van der Waals surface area contributed by atoms with E-state index in [2.05, 4.69) is 13.8 Å². The average molecular weight is 395 g/mol. The SMILES string of the molecule is NCCCCC(N)C(=O)O.[CH2-]CCCCCCCCCCCCCCC.[Na+]. The Morgan fingerprint density at radius 2 is 1.22 bits per heavy atom. The molecule has 0 rings (SSSR count). The first-order chi connectivity index (χ1) is 12.6. The molecule has 27 heavy (non-hydrogen) atoms. The molecule has 5 N–H and O–H groups in total. The van der Waals surface area contributed by atoms with Crippen molar-refractivity contribution in [2.24, 2.45) is 11.5 Å². The van der Waals surface area contributed by atoms with Gasteiger partial charge in [0, 0.05) is 0 Å². The van der Waals surface area contributed by atoms with Gasteiger partial charge in [-0.25, -0.2) is 0 Å². The summed E-state index contributed by atoms with van der Waals surface area (Å²) in [4.78, 5) is 10.1. The molecule has 0 aromatic heterocycles. The van der Waals surface area contributed by atoms with E-state index < -0.39 is 12.0 Å². The first-order valence-electron chi connectivity index (χ1n) is 11.1. The van der Waals surface area contributed by atoms with Crippen LogP contribution in [-0.2, 0) is 4.79 Å². The minimum Gasteiger partial charge on any atom is -0.480 e. The smallest absolute Gasteiger partial charge is 0.480 e. The fourth-order valence-electron chi connectivity index (χ4n) is 2.83. The number of aliphatic carboxylic acids is 1. The number of hydrogen-bond donors (Lipinski definition) is 3. The van der Waals surface area contributed by atoms with Crippen LogP contribution >= 0.6 is 0 Å². The Kier molecular flexibility index (Phi) is 34.0. The molecule has 0 bridgehead atoms. The summed E-state index contributed by atoms with van der Waals surface area (Å²) in [5.74, 6) is -0.933. The van der Waals surface area contributed by atoms with Crippen LogP contribution in [0.25, 0.3) is 0 Å². The normalized spacial score (nSPS) is 11.3. The molecule has 0 aliphatic rings. The van der Waals surface area contributed by atoms with Crippen molar-refractivity contribution in [1.29, 1.82) is 0 Å².